The number of carbonyl (C=O) groups excluding carboxylic acids is 1. The third-order valence-electron chi connectivity index (χ3n) is 4.61. The number of benzene rings is 2. The number of ketones is 1. The molecule has 0 spiro atoms. The van der Waals surface area contributed by atoms with Crippen LogP contribution in [0.3, 0.4) is 0 Å². The molecule has 156 valence electrons. The Bertz CT molecular complexity index is 840. The molecule has 1 N–H and O–H groups in total. The molecule has 29 heavy (non-hydrogen) atoms. The largest absolute Gasteiger partial charge is 0.493 e. The van der Waals surface area contributed by atoms with Crippen molar-refractivity contribution in [1.29, 1.82) is 0 Å². The van der Waals surface area contributed by atoms with E-state index in [1.54, 1.807) is 18.2 Å². The maximum atomic E-state index is 11.5. The predicted molar refractivity (Wildman–Crippen MR) is 108 cm³/mol. The van der Waals surface area contributed by atoms with Gasteiger partial charge < -0.3 is 24.1 Å². The highest BCUT2D eigenvalue weighted by Gasteiger charge is 2.23. The van der Waals surface area contributed by atoms with Crippen LogP contribution >= 0.6 is 0 Å². The second-order valence-electron chi connectivity index (χ2n) is 7.11. The molecular formula is C22H27NO6. The van der Waals surface area contributed by atoms with E-state index < -0.39 is 6.10 Å². The highest BCUT2D eigenvalue weighted by Crippen LogP contribution is 2.31. The Labute approximate surface area is 170 Å². The smallest absolute Gasteiger partial charge is 0.161 e. The molecule has 1 aliphatic heterocycles. The van der Waals surface area contributed by atoms with Crippen LogP contribution < -0.4 is 18.9 Å². The molecule has 3 rings (SSSR count). The first kappa shape index (κ1) is 21.0. The van der Waals surface area contributed by atoms with Crippen LogP contribution in [0.25, 0.3) is 0 Å². The zero-order chi connectivity index (χ0) is 20.8. The molecule has 0 aliphatic carbocycles. The summed E-state index contributed by atoms with van der Waals surface area (Å²) in [6.45, 7) is 3.09. The van der Waals surface area contributed by atoms with E-state index in [4.69, 9.17) is 18.9 Å². The van der Waals surface area contributed by atoms with Crippen molar-refractivity contribution in [2.45, 2.75) is 19.1 Å². The van der Waals surface area contributed by atoms with Crippen LogP contribution in [-0.2, 0) is 0 Å². The molecule has 2 atom stereocenters. The highest BCUT2D eigenvalue weighted by atomic mass is 16.6. The minimum atomic E-state index is -0.700. The first-order valence-electron chi connectivity index (χ1n) is 9.53. The summed E-state index contributed by atoms with van der Waals surface area (Å²) in [5.41, 5.74) is 0.547. The molecule has 0 saturated carbocycles. The minimum absolute atomic E-state index is 0.0481. The molecule has 1 heterocycles. The summed E-state index contributed by atoms with van der Waals surface area (Å²) < 4.78 is 22.6. The number of para-hydroxylation sites is 2. The monoisotopic (exact) mass is 401 g/mol. The standard InChI is InChI=1S/C22H27NO6/c1-15(24)16-8-9-20(22(10-16)26-3)27-13-17(25)11-23(2)12-18-14-28-19-6-4-5-7-21(19)29-18/h4-10,17-18,25H,11-14H2,1-3H3/t17-,18+/m1/s1. The summed E-state index contributed by atoms with van der Waals surface area (Å²) in [5.74, 6) is 2.39. The number of likely N-dealkylation sites (N-methyl/N-ethyl adjacent to an activating group) is 1. The molecule has 0 radical (unpaired) electrons. The van der Waals surface area contributed by atoms with Gasteiger partial charge in [-0.25, -0.2) is 0 Å². The molecule has 7 heteroatoms. The Kier molecular flexibility index (Phi) is 6.95. The van der Waals surface area contributed by atoms with E-state index in [1.165, 1.54) is 14.0 Å². The van der Waals surface area contributed by atoms with Gasteiger partial charge in [-0.2, -0.15) is 0 Å². The number of hydrogen-bond acceptors (Lipinski definition) is 7. The van der Waals surface area contributed by atoms with Crippen LogP contribution in [0.4, 0.5) is 0 Å². The Hall–Kier alpha value is -2.77. The van der Waals surface area contributed by atoms with Gasteiger partial charge >= 0.3 is 0 Å². The highest BCUT2D eigenvalue weighted by molar-refractivity contribution is 5.94. The van der Waals surface area contributed by atoms with Crippen molar-refractivity contribution >= 4 is 5.78 Å². The summed E-state index contributed by atoms with van der Waals surface area (Å²) in [7, 11) is 3.43. The molecule has 0 fully saturated rings. The fourth-order valence-electron chi connectivity index (χ4n) is 3.18. The topological polar surface area (TPSA) is 77.5 Å². The van der Waals surface area contributed by atoms with Gasteiger partial charge in [0.1, 0.15) is 25.4 Å². The first-order chi connectivity index (χ1) is 14.0. The zero-order valence-corrected chi connectivity index (χ0v) is 17.0. The molecule has 1 aliphatic rings. The van der Waals surface area contributed by atoms with Gasteiger partial charge in [-0.05, 0) is 44.3 Å². The molecular weight excluding hydrogens is 374 g/mol. The van der Waals surface area contributed by atoms with Gasteiger partial charge in [0.05, 0.1) is 7.11 Å². The lowest BCUT2D eigenvalue weighted by Crippen LogP contribution is -2.42. The van der Waals surface area contributed by atoms with E-state index in [9.17, 15) is 9.90 Å². The van der Waals surface area contributed by atoms with E-state index in [-0.39, 0.29) is 18.5 Å². The number of nitrogens with zero attached hydrogens (tertiary/aromatic N) is 1. The normalized spacial score (nSPS) is 16.4. The van der Waals surface area contributed by atoms with E-state index in [1.807, 2.05) is 36.2 Å². The van der Waals surface area contributed by atoms with Crippen molar-refractivity contribution in [3.63, 3.8) is 0 Å². The molecule has 0 unspecified atom stereocenters. The van der Waals surface area contributed by atoms with Gasteiger partial charge in [0.2, 0.25) is 0 Å². The van der Waals surface area contributed by atoms with Gasteiger partial charge in [-0.15, -0.1) is 0 Å². The van der Waals surface area contributed by atoms with Crippen LogP contribution in [0.15, 0.2) is 42.5 Å². The Morgan fingerprint density at radius 1 is 1.24 bits per heavy atom. The van der Waals surface area contributed by atoms with Gasteiger partial charge in [0.15, 0.2) is 28.8 Å². The van der Waals surface area contributed by atoms with Crippen LogP contribution in [0.2, 0.25) is 0 Å². The molecule has 0 aromatic heterocycles. The average molecular weight is 401 g/mol. The number of fused-ring (bicyclic) bond motifs is 1. The number of hydrogen-bond donors (Lipinski definition) is 1. The Morgan fingerprint density at radius 2 is 2.00 bits per heavy atom. The predicted octanol–water partition coefficient (Wildman–Crippen LogP) is 2.41. The Morgan fingerprint density at radius 3 is 2.72 bits per heavy atom. The van der Waals surface area contributed by atoms with Gasteiger partial charge in [-0.1, -0.05) is 12.1 Å². The second kappa shape index (κ2) is 9.62. The quantitative estimate of drug-likeness (QED) is 0.647. The maximum absolute atomic E-state index is 11.5. The third-order valence-corrected chi connectivity index (χ3v) is 4.61. The molecule has 7 nitrogen and oxygen atoms in total. The summed E-state index contributed by atoms with van der Waals surface area (Å²) >= 11 is 0. The number of carbonyl (C=O) groups is 1. The van der Waals surface area contributed by atoms with Crippen molar-refractivity contribution in [3.8, 4) is 23.0 Å². The van der Waals surface area contributed by atoms with Crippen molar-refractivity contribution in [2.75, 3.05) is 40.5 Å². The SMILES string of the molecule is COc1cc(C(C)=O)ccc1OC[C@H](O)CN(C)C[C@H]1COc2ccccc2O1. The number of aliphatic hydroxyl groups is 1. The molecule has 0 saturated heterocycles. The first-order valence-corrected chi connectivity index (χ1v) is 9.53. The van der Waals surface area contributed by atoms with Crippen LogP contribution in [0, 0.1) is 0 Å². The lowest BCUT2D eigenvalue weighted by Gasteiger charge is -2.30. The number of methoxy groups -OCH3 is 1. The summed E-state index contributed by atoms with van der Waals surface area (Å²) in [6, 6.07) is 12.6. The van der Waals surface area contributed by atoms with Crippen molar-refractivity contribution in [3.05, 3.63) is 48.0 Å². The molecule has 2 aromatic carbocycles. The third kappa shape index (κ3) is 5.62. The van der Waals surface area contributed by atoms with E-state index in [0.29, 0.717) is 36.8 Å². The van der Waals surface area contributed by atoms with Crippen molar-refractivity contribution in [2.24, 2.45) is 0 Å². The maximum Gasteiger partial charge on any atom is 0.161 e. The van der Waals surface area contributed by atoms with E-state index >= 15 is 0 Å². The fraction of sp³-hybridized carbons (Fsp3) is 0.409. The van der Waals surface area contributed by atoms with Gasteiger partial charge in [0.25, 0.3) is 0 Å². The number of rotatable bonds is 9. The van der Waals surface area contributed by atoms with E-state index in [2.05, 4.69) is 0 Å². The summed E-state index contributed by atoms with van der Waals surface area (Å²) in [4.78, 5) is 13.5. The van der Waals surface area contributed by atoms with Crippen LogP contribution in [0.5, 0.6) is 23.0 Å². The molecule has 2 aromatic rings. The lowest BCUT2D eigenvalue weighted by atomic mass is 10.1. The van der Waals surface area contributed by atoms with E-state index in [0.717, 1.165) is 11.5 Å². The minimum Gasteiger partial charge on any atom is -0.493 e. The van der Waals surface area contributed by atoms with Gasteiger partial charge in [-0.3, -0.25) is 9.69 Å². The van der Waals surface area contributed by atoms with Crippen molar-refractivity contribution in [1.82, 2.24) is 4.90 Å². The summed E-state index contributed by atoms with van der Waals surface area (Å²) in [5, 5.41) is 10.3. The lowest BCUT2D eigenvalue weighted by molar-refractivity contribution is 0.0370. The summed E-state index contributed by atoms with van der Waals surface area (Å²) in [6.07, 6.45) is -0.809. The number of aliphatic hydroxyl groups excluding tert-OH is 1. The fourth-order valence-corrected chi connectivity index (χ4v) is 3.18. The molecule has 0 bridgehead atoms. The molecule has 0 amide bonds. The number of Topliss-reactive ketones (excluding diaryl/α,β-unsaturated/α-hetero) is 1. The van der Waals surface area contributed by atoms with Crippen LogP contribution in [-0.4, -0.2) is 68.5 Å². The van der Waals surface area contributed by atoms with Crippen molar-refractivity contribution < 1.29 is 28.8 Å². The average Bonchev–Trinajstić information content (AvgIpc) is 2.71. The van der Waals surface area contributed by atoms with Crippen LogP contribution in [0.1, 0.15) is 17.3 Å². The Balaban J connectivity index is 1.47. The van der Waals surface area contributed by atoms with Gasteiger partial charge in [0, 0.05) is 18.7 Å². The number of ether oxygens (including phenoxy) is 4. The zero-order valence-electron chi connectivity index (χ0n) is 17.0. The second-order valence-corrected chi connectivity index (χ2v) is 7.11.